The maximum absolute atomic E-state index is 13.4. The number of piperazine rings is 1. The molecule has 0 aliphatic carbocycles. The molecule has 2 aliphatic heterocycles. The summed E-state index contributed by atoms with van der Waals surface area (Å²) in [5.74, 6) is -0.135. The third kappa shape index (κ3) is 5.20. The van der Waals surface area contributed by atoms with E-state index in [-0.39, 0.29) is 15.4 Å². The van der Waals surface area contributed by atoms with Crippen molar-refractivity contribution in [3.8, 4) is 5.75 Å². The highest BCUT2D eigenvalue weighted by atomic mass is 32.2. The van der Waals surface area contributed by atoms with Gasteiger partial charge in [0.2, 0.25) is 0 Å². The van der Waals surface area contributed by atoms with E-state index in [1.54, 1.807) is 30.3 Å². The Morgan fingerprint density at radius 3 is 2.14 bits per heavy atom. The molecule has 1 atom stereocenters. The maximum atomic E-state index is 13.4. The zero-order chi connectivity index (χ0) is 25.2. The molecule has 7 nitrogen and oxygen atoms in total. The van der Waals surface area contributed by atoms with Crippen molar-refractivity contribution in [3.63, 3.8) is 0 Å². The Hall–Kier alpha value is -2.72. The number of nitrogens with zero attached hydrogens (tertiary/aromatic N) is 2. The molecule has 0 saturated carbocycles. The quantitative estimate of drug-likeness (QED) is 0.446. The fraction of sp³-hybridized carbons (Fsp3) is 0.333. The van der Waals surface area contributed by atoms with Gasteiger partial charge >= 0.3 is 0 Å². The Bertz CT molecular complexity index is 1400. The minimum Gasteiger partial charge on any atom is -0.492 e. The summed E-state index contributed by atoms with van der Waals surface area (Å²) in [6, 6.07) is 23.2. The standard InChI is InChI=1S/C27H30N2O5S2/c30-35(31)21-26(36(32,33)23-10-5-2-6-11-23)27-24(12-7-13-25(27)35)34-19-18-28-14-16-29(17-15-28)20-22-8-3-1-4-9-22/h1-13,26H,14-21H2. The molecule has 1 fully saturated rings. The number of hydrogen-bond donors (Lipinski definition) is 0. The first-order valence-electron chi connectivity index (χ1n) is 12.1. The molecule has 0 amide bonds. The van der Waals surface area contributed by atoms with Crippen LogP contribution in [0.25, 0.3) is 0 Å². The summed E-state index contributed by atoms with van der Waals surface area (Å²) in [7, 11) is -7.62. The van der Waals surface area contributed by atoms with Crippen LogP contribution in [-0.4, -0.2) is 71.7 Å². The Labute approximate surface area is 213 Å². The average Bonchev–Trinajstić information content (AvgIpc) is 3.18. The van der Waals surface area contributed by atoms with Gasteiger partial charge in [-0.15, -0.1) is 0 Å². The number of rotatable bonds is 8. The van der Waals surface area contributed by atoms with Gasteiger partial charge in [0.1, 0.15) is 17.6 Å². The highest BCUT2D eigenvalue weighted by molar-refractivity contribution is 7.96. The van der Waals surface area contributed by atoms with Crippen LogP contribution >= 0.6 is 0 Å². The van der Waals surface area contributed by atoms with Crippen molar-refractivity contribution in [1.29, 1.82) is 0 Å². The van der Waals surface area contributed by atoms with Gasteiger partial charge in [-0.1, -0.05) is 54.6 Å². The van der Waals surface area contributed by atoms with Crippen molar-refractivity contribution in [2.45, 2.75) is 21.6 Å². The van der Waals surface area contributed by atoms with E-state index in [9.17, 15) is 16.8 Å². The molecule has 2 heterocycles. The summed E-state index contributed by atoms with van der Waals surface area (Å²) < 4.78 is 58.5. The molecular formula is C27H30N2O5S2. The number of fused-ring (bicyclic) bond motifs is 1. The molecule has 0 bridgehead atoms. The topological polar surface area (TPSA) is 84.0 Å². The van der Waals surface area contributed by atoms with E-state index >= 15 is 0 Å². The Morgan fingerprint density at radius 1 is 0.806 bits per heavy atom. The molecule has 1 saturated heterocycles. The fourth-order valence-electron chi connectivity index (χ4n) is 4.93. The minimum atomic E-state index is -3.90. The second kappa shape index (κ2) is 10.3. The number of benzene rings is 3. The monoisotopic (exact) mass is 526 g/mol. The van der Waals surface area contributed by atoms with Gasteiger partial charge in [0.15, 0.2) is 19.7 Å². The lowest BCUT2D eigenvalue weighted by atomic mass is 10.1. The molecule has 190 valence electrons. The Balaban J connectivity index is 1.25. The molecule has 0 aromatic heterocycles. The van der Waals surface area contributed by atoms with E-state index in [4.69, 9.17) is 4.74 Å². The van der Waals surface area contributed by atoms with Gasteiger partial charge in [-0.25, -0.2) is 16.8 Å². The van der Waals surface area contributed by atoms with Crippen LogP contribution in [0.2, 0.25) is 0 Å². The van der Waals surface area contributed by atoms with E-state index in [0.29, 0.717) is 18.9 Å². The van der Waals surface area contributed by atoms with E-state index in [0.717, 1.165) is 32.7 Å². The second-order valence-corrected chi connectivity index (χ2v) is 13.4. The van der Waals surface area contributed by atoms with Gasteiger partial charge in [-0.3, -0.25) is 9.80 Å². The van der Waals surface area contributed by atoms with Gasteiger partial charge < -0.3 is 4.74 Å². The third-order valence-corrected chi connectivity index (χ3v) is 11.0. The molecule has 5 rings (SSSR count). The largest absolute Gasteiger partial charge is 0.492 e. The Kier molecular flexibility index (Phi) is 7.16. The predicted octanol–water partition coefficient (Wildman–Crippen LogP) is 3.19. The van der Waals surface area contributed by atoms with E-state index in [1.165, 1.54) is 23.8 Å². The number of sulfone groups is 2. The van der Waals surface area contributed by atoms with Gasteiger partial charge in [-0.2, -0.15) is 0 Å². The van der Waals surface area contributed by atoms with Crippen molar-refractivity contribution in [3.05, 3.63) is 90.0 Å². The smallest absolute Gasteiger partial charge is 0.186 e. The molecule has 1 unspecified atom stereocenters. The number of hydrogen-bond acceptors (Lipinski definition) is 7. The second-order valence-electron chi connectivity index (χ2n) is 9.25. The zero-order valence-electron chi connectivity index (χ0n) is 20.0. The first-order valence-corrected chi connectivity index (χ1v) is 15.3. The highest BCUT2D eigenvalue weighted by Crippen LogP contribution is 2.45. The summed E-state index contributed by atoms with van der Waals surface area (Å²) in [5.41, 5.74) is 1.57. The lowest BCUT2D eigenvalue weighted by Crippen LogP contribution is -2.47. The first kappa shape index (κ1) is 25.0. The van der Waals surface area contributed by atoms with E-state index in [1.807, 2.05) is 6.07 Å². The molecule has 0 spiro atoms. The average molecular weight is 527 g/mol. The fourth-order valence-corrected chi connectivity index (χ4v) is 9.28. The lowest BCUT2D eigenvalue weighted by Gasteiger charge is -2.34. The molecule has 3 aromatic carbocycles. The molecule has 0 radical (unpaired) electrons. The molecule has 0 N–H and O–H groups in total. The molecular weight excluding hydrogens is 496 g/mol. The van der Waals surface area contributed by atoms with Crippen LogP contribution in [0.3, 0.4) is 0 Å². The van der Waals surface area contributed by atoms with Crippen LogP contribution in [-0.2, 0) is 26.2 Å². The first-order chi connectivity index (χ1) is 17.3. The highest BCUT2D eigenvalue weighted by Gasteiger charge is 2.45. The van der Waals surface area contributed by atoms with Crippen molar-refractivity contribution in [2.75, 3.05) is 45.1 Å². The lowest BCUT2D eigenvalue weighted by molar-refractivity contribution is 0.112. The van der Waals surface area contributed by atoms with Crippen molar-refractivity contribution in [2.24, 2.45) is 0 Å². The van der Waals surface area contributed by atoms with Crippen LogP contribution in [0.5, 0.6) is 5.75 Å². The Morgan fingerprint density at radius 2 is 1.44 bits per heavy atom. The summed E-state index contributed by atoms with van der Waals surface area (Å²) >= 11 is 0. The minimum absolute atomic E-state index is 0.0547. The molecule has 9 heteroatoms. The SMILES string of the molecule is O=S1(=O)CC(S(=O)(=O)c2ccccc2)c2c(OCCN3CCN(Cc4ccccc4)CC3)cccc21. The van der Waals surface area contributed by atoms with Crippen LogP contribution in [0, 0.1) is 0 Å². The normalized spacial score (nSPS) is 20.2. The van der Waals surface area contributed by atoms with E-state index < -0.39 is 30.7 Å². The van der Waals surface area contributed by atoms with Crippen LogP contribution < -0.4 is 4.74 Å². The molecule has 3 aromatic rings. The summed E-state index contributed by atoms with van der Waals surface area (Å²) in [4.78, 5) is 4.92. The third-order valence-electron chi connectivity index (χ3n) is 6.88. The summed E-state index contributed by atoms with van der Waals surface area (Å²) in [5, 5.41) is -1.18. The maximum Gasteiger partial charge on any atom is 0.186 e. The van der Waals surface area contributed by atoms with Crippen LogP contribution in [0.15, 0.2) is 88.7 Å². The predicted molar refractivity (Wildman–Crippen MR) is 139 cm³/mol. The van der Waals surface area contributed by atoms with Gasteiger partial charge in [-0.05, 0) is 29.8 Å². The van der Waals surface area contributed by atoms with Gasteiger partial charge in [0.25, 0.3) is 0 Å². The van der Waals surface area contributed by atoms with Gasteiger partial charge in [0, 0.05) is 44.8 Å². The summed E-state index contributed by atoms with van der Waals surface area (Å²) in [6.07, 6.45) is 0. The van der Waals surface area contributed by atoms with Gasteiger partial charge in [0.05, 0.1) is 15.5 Å². The van der Waals surface area contributed by atoms with E-state index in [2.05, 4.69) is 34.1 Å². The van der Waals surface area contributed by atoms with Crippen molar-refractivity contribution < 1.29 is 21.6 Å². The van der Waals surface area contributed by atoms with Crippen LogP contribution in [0.4, 0.5) is 0 Å². The molecule has 36 heavy (non-hydrogen) atoms. The summed E-state index contributed by atoms with van der Waals surface area (Å²) in [6.45, 7) is 5.74. The van der Waals surface area contributed by atoms with Crippen molar-refractivity contribution >= 4 is 19.7 Å². The van der Waals surface area contributed by atoms with Crippen molar-refractivity contribution in [1.82, 2.24) is 9.80 Å². The number of ether oxygens (including phenoxy) is 1. The van der Waals surface area contributed by atoms with Crippen LogP contribution in [0.1, 0.15) is 16.4 Å². The molecule has 2 aliphatic rings. The zero-order valence-corrected chi connectivity index (χ0v) is 21.6.